The summed E-state index contributed by atoms with van der Waals surface area (Å²) in [6.45, 7) is 3.02. The zero-order valence-electron chi connectivity index (χ0n) is 13.6. The van der Waals surface area contributed by atoms with Crippen LogP contribution in [0.1, 0.15) is 30.0 Å². The van der Waals surface area contributed by atoms with Crippen LogP contribution in [0.15, 0.2) is 47.8 Å². The monoisotopic (exact) mass is 328 g/mol. The zero-order chi connectivity index (χ0) is 15.9. The van der Waals surface area contributed by atoms with E-state index in [4.69, 9.17) is 4.99 Å². The molecule has 2 heterocycles. The number of hydrogen-bond acceptors (Lipinski definition) is 3. The number of thioether (sulfide) groups is 1. The Kier molecular flexibility index (Phi) is 5.75. The number of aromatic nitrogens is 2. The summed E-state index contributed by atoms with van der Waals surface area (Å²) in [6, 6.07) is 10.6. The third kappa shape index (κ3) is 4.38. The second-order valence-corrected chi connectivity index (χ2v) is 6.65. The number of nitrogens with one attached hydrogen (secondary N) is 1. The fourth-order valence-corrected chi connectivity index (χ4v) is 3.75. The highest BCUT2D eigenvalue weighted by atomic mass is 32.2. The lowest BCUT2D eigenvalue weighted by molar-refractivity contribution is 0.314. The lowest BCUT2D eigenvalue weighted by Crippen LogP contribution is -2.36. The van der Waals surface area contributed by atoms with E-state index in [-0.39, 0.29) is 0 Å². The number of nitrogens with zero attached hydrogens (tertiary/aromatic N) is 3. The predicted molar refractivity (Wildman–Crippen MR) is 98.1 cm³/mol. The Balaban J connectivity index is 1.51. The van der Waals surface area contributed by atoms with Crippen LogP contribution in [0.4, 0.5) is 0 Å². The first-order chi connectivity index (χ1) is 11.4. The Labute approximate surface area is 142 Å². The van der Waals surface area contributed by atoms with E-state index in [1.165, 1.54) is 29.3 Å². The number of rotatable bonds is 4. The fourth-order valence-electron chi connectivity index (χ4n) is 3.09. The summed E-state index contributed by atoms with van der Waals surface area (Å²) in [5.74, 6) is 0.612. The van der Waals surface area contributed by atoms with Gasteiger partial charge >= 0.3 is 0 Å². The molecule has 1 aromatic heterocycles. The van der Waals surface area contributed by atoms with Gasteiger partial charge in [0.05, 0.1) is 6.33 Å². The van der Waals surface area contributed by atoms with E-state index in [2.05, 4.69) is 51.5 Å². The van der Waals surface area contributed by atoms with Crippen molar-refractivity contribution in [3.63, 3.8) is 0 Å². The Hall–Kier alpha value is -1.75. The van der Waals surface area contributed by atoms with E-state index in [1.54, 1.807) is 18.1 Å². The maximum Gasteiger partial charge on any atom is 0.158 e. The predicted octanol–water partition coefficient (Wildman–Crippen LogP) is 3.55. The lowest BCUT2D eigenvalue weighted by atomic mass is 9.94. The van der Waals surface area contributed by atoms with E-state index in [9.17, 15) is 0 Å². The highest BCUT2D eigenvalue weighted by Crippen LogP contribution is 2.27. The molecular weight excluding hydrogens is 304 g/mol. The lowest BCUT2D eigenvalue weighted by Gasteiger charge is -2.33. The molecule has 0 spiro atoms. The average Bonchev–Trinajstić information content (AvgIpc) is 3.15. The van der Waals surface area contributed by atoms with Crippen LogP contribution in [-0.4, -0.2) is 45.9 Å². The third-order valence-electron chi connectivity index (χ3n) is 4.40. The molecule has 0 unspecified atom stereocenters. The average molecular weight is 328 g/mol. The van der Waals surface area contributed by atoms with Gasteiger partial charge in [-0.15, -0.1) is 0 Å². The molecule has 4 nitrogen and oxygen atoms in total. The molecule has 5 heteroatoms. The molecule has 0 aliphatic carbocycles. The molecule has 0 saturated carbocycles. The molecule has 122 valence electrons. The number of aliphatic imine (C=N–C) groups is 1. The summed E-state index contributed by atoms with van der Waals surface area (Å²) in [4.78, 5) is 14.7. The Morgan fingerprint density at radius 2 is 2.09 bits per heavy atom. The minimum absolute atomic E-state index is 0.612. The van der Waals surface area contributed by atoms with E-state index in [1.807, 2.05) is 6.20 Å². The summed E-state index contributed by atoms with van der Waals surface area (Å²) in [7, 11) is 0. The Morgan fingerprint density at radius 1 is 1.30 bits per heavy atom. The van der Waals surface area contributed by atoms with E-state index in [0.29, 0.717) is 5.92 Å². The minimum Gasteiger partial charge on any atom is -0.351 e. The van der Waals surface area contributed by atoms with Crippen LogP contribution in [0.3, 0.4) is 0 Å². The van der Waals surface area contributed by atoms with Crippen molar-refractivity contribution in [2.75, 3.05) is 25.9 Å². The third-order valence-corrected chi connectivity index (χ3v) is 5.15. The minimum atomic E-state index is 0.612. The molecule has 1 aromatic carbocycles. The molecule has 1 N–H and O–H groups in total. The van der Waals surface area contributed by atoms with Crippen LogP contribution in [0.2, 0.25) is 0 Å². The zero-order valence-corrected chi connectivity index (χ0v) is 14.4. The second-order valence-electron chi connectivity index (χ2n) is 5.87. The van der Waals surface area contributed by atoms with E-state index in [0.717, 1.165) is 26.1 Å². The van der Waals surface area contributed by atoms with Gasteiger partial charge in [0.1, 0.15) is 0 Å². The van der Waals surface area contributed by atoms with Crippen molar-refractivity contribution in [2.45, 2.75) is 25.2 Å². The molecule has 0 bridgehead atoms. The quantitative estimate of drug-likeness (QED) is 0.689. The van der Waals surface area contributed by atoms with Crippen LogP contribution >= 0.6 is 11.8 Å². The number of imidazole rings is 1. The van der Waals surface area contributed by atoms with Gasteiger partial charge in [-0.3, -0.25) is 4.99 Å². The van der Waals surface area contributed by atoms with Crippen molar-refractivity contribution in [1.29, 1.82) is 0 Å². The van der Waals surface area contributed by atoms with Crippen molar-refractivity contribution < 1.29 is 0 Å². The molecular formula is C18H24N4S. The Bertz CT molecular complexity index is 601. The van der Waals surface area contributed by atoms with Crippen LogP contribution in [0.5, 0.6) is 0 Å². The molecule has 1 saturated heterocycles. The molecule has 1 aliphatic rings. The number of piperidine rings is 1. The summed E-state index contributed by atoms with van der Waals surface area (Å²) in [6.07, 6.45) is 9.21. The van der Waals surface area contributed by atoms with Gasteiger partial charge in [0, 0.05) is 37.4 Å². The second kappa shape index (κ2) is 8.20. The van der Waals surface area contributed by atoms with Crippen molar-refractivity contribution in [1.82, 2.24) is 14.9 Å². The van der Waals surface area contributed by atoms with Crippen molar-refractivity contribution in [3.8, 4) is 0 Å². The van der Waals surface area contributed by atoms with Gasteiger partial charge in [0.2, 0.25) is 0 Å². The first kappa shape index (κ1) is 16.1. The van der Waals surface area contributed by atoms with Crippen LogP contribution < -0.4 is 0 Å². The highest BCUT2D eigenvalue weighted by molar-refractivity contribution is 8.13. The SMILES string of the molecule is CSC(=NCCc1ccccc1)N1CCC(c2cnc[nH]2)CC1. The van der Waals surface area contributed by atoms with Gasteiger partial charge in [0.15, 0.2) is 5.17 Å². The molecule has 3 rings (SSSR count). The summed E-state index contributed by atoms with van der Waals surface area (Å²) in [5, 5.41) is 1.18. The van der Waals surface area contributed by atoms with E-state index < -0.39 is 0 Å². The van der Waals surface area contributed by atoms with Gasteiger partial charge in [0.25, 0.3) is 0 Å². The first-order valence-corrected chi connectivity index (χ1v) is 9.45. The summed E-state index contributed by atoms with van der Waals surface area (Å²) in [5.41, 5.74) is 2.63. The van der Waals surface area contributed by atoms with Gasteiger partial charge in [-0.2, -0.15) is 0 Å². The molecule has 0 amide bonds. The van der Waals surface area contributed by atoms with Crippen molar-refractivity contribution in [3.05, 3.63) is 54.1 Å². The van der Waals surface area contributed by atoms with Gasteiger partial charge in [-0.1, -0.05) is 42.1 Å². The smallest absolute Gasteiger partial charge is 0.158 e. The van der Waals surface area contributed by atoms with Crippen LogP contribution in [-0.2, 0) is 6.42 Å². The number of hydrogen-bond donors (Lipinski definition) is 1. The summed E-state index contributed by atoms with van der Waals surface area (Å²) >= 11 is 1.77. The van der Waals surface area contributed by atoms with Crippen LogP contribution in [0.25, 0.3) is 0 Å². The van der Waals surface area contributed by atoms with Gasteiger partial charge in [-0.05, 0) is 31.1 Å². The van der Waals surface area contributed by atoms with Crippen molar-refractivity contribution in [2.24, 2.45) is 4.99 Å². The number of likely N-dealkylation sites (tertiary alicyclic amines) is 1. The van der Waals surface area contributed by atoms with Crippen molar-refractivity contribution >= 4 is 16.9 Å². The first-order valence-electron chi connectivity index (χ1n) is 8.22. The number of aromatic amines is 1. The summed E-state index contributed by atoms with van der Waals surface area (Å²) < 4.78 is 0. The largest absolute Gasteiger partial charge is 0.351 e. The number of benzene rings is 1. The molecule has 2 aromatic rings. The topological polar surface area (TPSA) is 44.3 Å². The number of H-pyrrole nitrogens is 1. The molecule has 0 atom stereocenters. The maximum atomic E-state index is 4.83. The van der Waals surface area contributed by atoms with E-state index >= 15 is 0 Å². The normalized spacial score (nSPS) is 16.7. The van der Waals surface area contributed by atoms with Gasteiger partial charge < -0.3 is 9.88 Å². The fraction of sp³-hybridized carbons (Fsp3) is 0.444. The maximum absolute atomic E-state index is 4.83. The molecule has 1 aliphatic heterocycles. The number of amidine groups is 1. The van der Waals surface area contributed by atoms with Gasteiger partial charge in [-0.25, -0.2) is 4.98 Å². The standard InChI is InChI=1S/C18H24N4S/c1-23-18(20-10-7-15-5-3-2-4-6-15)22-11-8-16(9-12-22)17-13-19-14-21-17/h2-6,13-14,16H,7-12H2,1H3,(H,19,21). The molecule has 1 fully saturated rings. The molecule has 0 radical (unpaired) electrons. The van der Waals surface area contributed by atoms with Crippen LogP contribution in [0, 0.1) is 0 Å². The highest BCUT2D eigenvalue weighted by Gasteiger charge is 2.23. The molecule has 23 heavy (non-hydrogen) atoms. The Morgan fingerprint density at radius 3 is 2.74 bits per heavy atom.